The van der Waals surface area contributed by atoms with Crippen molar-refractivity contribution < 1.29 is 19.1 Å². The second kappa shape index (κ2) is 8.80. The number of rotatable bonds is 7. The lowest BCUT2D eigenvalue weighted by atomic mass is 10.1. The average Bonchev–Trinajstić information content (AvgIpc) is 2.60. The third-order valence-corrected chi connectivity index (χ3v) is 3.52. The number of nitrogens with one attached hydrogen (secondary N) is 1. The van der Waals surface area contributed by atoms with Gasteiger partial charge in [-0.3, -0.25) is 9.59 Å². The van der Waals surface area contributed by atoms with Crippen molar-refractivity contribution in [2.45, 2.75) is 13.5 Å². The Labute approximate surface area is 147 Å². The lowest BCUT2D eigenvalue weighted by Crippen LogP contribution is -2.05. The van der Waals surface area contributed by atoms with Gasteiger partial charge in [0.15, 0.2) is 5.78 Å². The summed E-state index contributed by atoms with van der Waals surface area (Å²) in [6.45, 7) is 1.83. The molecular formula is C20H21NO4. The van der Waals surface area contributed by atoms with Crippen molar-refractivity contribution in [1.82, 2.24) is 0 Å². The minimum Gasteiger partial charge on any atom is -0.496 e. The third-order valence-electron chi connectivity index (χ3n) is 3.52. The standard InChI is InChI=1S/C20H21NO4/c1-14(22)21-18-8-4-15(5-9-18)6-10-19(23)16-7-11-20(25-3)17(12-16)13-24-2/h4-12H,13H2,1-3H3,(H,21,22)/b10-6+. The zero-order valence-corrected chi connectivity index (χ0v) is 14.5. The van der Waals surface area contributed by atoms with Gasteiger partial charge in [-0.25, -0.2) is 0 Å². The number of benzene rings is 2. The largest absolute Gasteiger partial charge is 0.496 e. The van der Waals surface area contributed by atoms with Crippen LogP contribution in [0.4, 0.5) is 5.69 Å². The molecule has 0 atom stereocenters. The van der Waals surface area contributed by atoms with Crippen LogP contribution in [0.15, 0.2) is 48.5 Å². The molecule has 0 saturated carbocycles. The van der Waals surface area contributed by atoms with Crippen molar-refractivity contribution in [3.8, 4) is 5.75 Å². The van der Waals surface area contributed by atoms with Crippen molar-refractivity contribution >= 4 is 23.5 Å². The fourth-order valence-electron chi connectivity index (χ4n) is 2.35. The first kappa shape index (κ1) is 18.4. The topological polar surface area (TPSA) is 64.6 Å². The van der Waals surface area contributed by atoms with Gasteiger partial charge in [0.1, 0.15) is 5.75 Å². The number of carbonyl (C=O) groups excluding carboxylic acids is 2. The molecule has 0 aliphatic rings. The van der Waals surface area contributed by atoms with Crippen LogP contribution in [-0.4, -0.2) is 25.9 Å². The maximum Gasteiger partial charge on any atom is 0.221 e. The van der Waals surface area contributed by atoms with Gasteiger partial charge < -0.3 is 14.8 Å². The molecule has 0 aliphatic carbocycles. The molecule has 0 aromatic heterocycles. The van der Waals surface area contributed by atoms with Crippen LogP contribution in [0.1, 0.15) is 28.4 Å². The van der Waals surface area contributed by atoms with Gasteiger partial charge in [-0.2, -0.15) is 0 Å². The van der Waals surface area contributed by atoms with Gasteiger partial charge in [-0.15, -0.1) is 0 Å². The number of allylic oxidation sites excluding steroid dienone is 1. The molecule has 1 amide bonds. The molecule has 2 aromatic carbocycles. The maximum atomic E-state index is 12.4. The molecule has 0 aliphatic heterocycles. The normalized spacial score (nSPS) is 10.7. The van der Waals surface area contributed by atoms with E-state index in [0.717, 1.165) is 16.8 Å². The summed E-state index contributed by atoms with van der Waals surface area (Å²) in [5.74, 6) is 0.465. The van der Waals surface area contributed by atoms with Crippen LogP contribution in [0.3, 0.4) is 0 Å². The summed E-state index contributed by atoms with van der Waals surface area (Å²) in [5, 5.41) is 2.70. The summed E-state index contributed by atoms with van der Waals surface area (Å²) >= 11 is 0. The van der Waals surface area contributed by atoms with E-state index in [1.165, 1.54) is 13.0 Å². The van der Waals surface area contributed by atoms with Gasteiger partial charge in [-0.1, -0.05) is 18.2 Å². The first-order valence-corrected chi connectivity index (χ1v) is 7.79. The summed E-state index contributed by atoms with van der Waals surface area (Å²) in [6.07, 6.45) is 3.26. The minimum absolute atomic E-state index is 0.106. The molecule has 25 heavy (non-hydrogen) atoms. The highest BCUT2D eigenvalue weighted by Gasteiger charge is 2.08. The van der Waals surface area contributed by atoms with Crippen molar-refractivity contribution in [1.29, 1.82) is 0 Å². The van der Waals surface area contributed by atoms with E-state index >= 15 is 0 Å². The van der Waals surface area contributed by atoms with E-state index in [1.807, 2.05) is 12.1 Å². The van der Waals surface area contributed by atoms with Gasteiger partial charge in [0.25, 0.3) is 0 Å². The molecule has 0 heterocycles. The summed E-state index contributed by atoms with van der Waals surface area (Å²) in [4.78, 5) is 23.4. The van der Waals surface area contributed by atoms with Crippen LogP contribution in [-0.2, 0) is 16.1 Å². The quantitative estimate of drug-likeness (QED) is 0.617. The van der Waals surface area contributed by atoms with E-state index in [1.54, 1.807) is 50.6 Å². The van der Waals surface area contributed by atoms with E-state index in [4.69, 9.17) is 9.47 Å². The van der Waals surface area contributed by atoms with E-state index < -0.39 is 0 Å². The molecular weight excluding hydrogens is 318 g/mol. The van der Waals surface area contributed by atoms with Crippen LogP contribution in [0.25, 0.3) is 6.08 Å². The Morgan fingerprint density at radius 3 is 2.40 bits per heavy atom. The van der Waals surface area contributed by atoms with Crippen molar-refractivity contribution in [2.75, 3.05) is 19.5 Å². The second-order valence-electron chi connectivity index (χ2n) is 5.46. The highest BCUT2D eigenvalue weighted by molar-refractivity contribution is 6.07. The number of ketones is 1. The molecule has 2 rings (SSSR count). The van der Waals surface area contributed by atoms with E-state index in [9.17, 15) is 9.59 Å². The van der Waals surface area contributed by atoms with Gasteiger partial charge >= 0.3 is 0 Å². The van der Waals surface area contributed by atoms with Crippen LogP contribution in [0.2, 0.25) is 0 Å². The average molecular weight is 339 g/mol. The first-order valence-electron chi connectivity index (χ1n) is 7.79. The van der Waals surface area contributed by atoms with Gasteiger partial charge in [0.05, 0.1) is 13.7 Å². The molecule has 0 radical (unpaired) electrons. The minimum atomic E-state index is -0.121. The van der Waals surface area contributed by atoms with Crippen LogP contribution in [0, 0.1) is 0 Å². The summed E-state index contributed by atoms with van der Waals surface area (Å²) in [7, 11) is 3.18. The Kier molecular flexibility index (Phi) is 6.48. The second-order valence-corrected chi connectivity index (χ2v) is 5.46. The number of amides is 1. The van der Waals surface area contributed by atoms with Crippen molar-refractivity contribution in [3.05, 3.63) is 65.2 Å². The third kappa shape index (κ3) is 5.29. The molecule has 2 aromatic rings. The fourth-order valence-corrected chi connectivity index (χ4v) is 2.35. The summed E-state index contributed by atoms with van der Waals surface area (Å²) in [6, 6.07) is 12.5. The van der Waals surface area contributed by atoms with E-state index in [0.29, 0.717) is 17.9 Å². The monoisotopic (exact) mass is 339 g/mol. The predicted octanol–water partition coefficient (Wildman–Crippen LogP) is 3.70. The number of methoxy groups -OCH3 is 2. The Morgan fingerprint density at radius 2 is 1.80 bits per heavy atom. The van der Waals surface area contributed by atoms with Crippen molar-refractivity contribution in [3.63, 3.8) is 0 Å². The Hall–Kier alpha value is -2.92. The Morgan fingerprint density at radius 1 is 1.08 bits per heavy atom. The molecule has 0 spiro atoms. The van der Waals surface area contributed by atoms with E-state index in [-0.39, 0.29) is 11.7 Å². The Bertz CT molecular complexity index is 779. The number of ether oxygens (including phenoxy) is 2. The Balaban J connectivity index is 2.11. The van der Waals surface area contributed by atoms with Gasteiger partial charge in [0, 0.05) is 30.8 Å². The van der Waals surface area contributed by atoms with Gasteiger partial charge in [0.2, 0.25) is 5.91 Å². The number of carbonyl (C=O) groups is 2. The molecule has 0 bridgehead atoms. The zero-order chi connectivity index (χ0) is 18.2. The zero-order valence-electron chi connectivity index (χ0n) is 14.5. The maximum absolute atomic E-state index is 12.4. The van der Waals surface area contributed by atoms with Crippen LogP contribution < -0.4 is 10.1 Å². The lowest BCUT2D eigenvalue weighted by Gasteiger charge is -2.08. The molecule has 5 heteroatoms. The molecule has 0 fully saturated rings. The van der Waals surface area contributed by atoms with E-state index in [2.05, 4.69) is 5.32 Å². The first-order chi connectivity index (χ1) is 12.0. The number of hydrogen-bond acceptors (Lipinski definition) is 4. The molecule has 5 nitrogen and oxygen atoms in total. The van der Waals surface area contributed by atoms with Crippen molar-refractivity contribution in [2.24, 2.45) is 0 Å². The molecule has 130 valence electrons. The van der Waals surface area contributed by atoms with Gasteiger partial charge in [-0.05, 0) is 42.0 Å². The van der Waals surface area contributed by atoms with Crippen LogP contribution in [0.5, 0.6) is 5.75 Å². The summed E-state index contributed by atoms with van der Waals surface area (Å²) in [5.41, 5.74) is 2.98. The fraction of sp³-hybridized carbons (Fsp3) is 0.200. The molecule has 0 saturated heterocycles. The number of anilines is 1. The van der Waals surface area contributed by atoms with Crippen LogP contribution >= 0.6 is 0 Å². The SMILES string of the molecule is COCc1cc(C(=O)/C=C/c2ccc(NC(C)=O)cc2)ccc1OC. The highest BCUT2D eigenvalue weighted by Crippen LogP contribution is 2.21. The smallest absolute Gasteiger partial charge is 0.221 e. The number of hydrogen-bond donors (Lipinski definition) is 1. The predicted molar refractivity (Wildman–Crippen MR) is 97.8 cm³/mol. The molecule has 1 N–H and O–H groups in total. The highest BCUT2D eigenvalue weighted by atomic mass is 16.5. The molecule has 0 unspecified atom stereocenters. The lowest BCUT2D eigenvalue weighted by molar-refractivity contribution is -0.114. The summed E-state index contributed by atoms with van der Waals surface area (Å²) < 4.78 is 10.4.